The summed E-state index contributed by atoms with van der Waals surface area (Å²) in [5.41, 5.74) is 4.08. The number of halogens is 1. The minimum atomic E-state index is -0.738. The highest BCUT2D eigenvalue weighted by Gasteiger charge is 2.23. The number of esters is 1. The van der Waals surface area contributed by atoms with Crippen LogP contribution in [0.3, 0.4) is 0 Å². The maximum Gasteiger partial charge on any atom is 0.347 e. The highest BCUT2D eigenvalue weighted by molar-refractivity contribution is 6.30. The number of ether oxygens (including phenoxy) is 3. The molecule has 0 aliphatic rings. The maximum absolute atomic E-state index is 13.6. The summed E-state index contributed by atoms with van der Waals surface area (Å²) >= 11 is 6.23. The molecular weight excluding hydrogens is 504 g/mol. The lowest BCUT2D eigenvalue weighted by molar-refractivity contribution is -0.152. The zero-order chi connectivity index (χ0) is 27.4. The van der Waals surface area contributed by atoms with Crippen LogP contribution in [-0.2, 0) is 16.1 Å². The summed E-state index contributed by atoms with van der Waals surface area (Å²) in [5, 5.41) is 0.312. The predicted octanol–water partition coefficient (Wildman–Crippen LogP) is 6.25. The van der Waals surface area contributed by atoms with Gasteiger partial charge in [0.15, 0.2) is 11.9 Å². The van der Waals surface area contributed by atoms with Crippen LogP contribution >= 0.6 is 11.6 Å². The van der Waals surface area contributed by atoms with E-state index in [-0.39, 0.29) is 11.7 Å². The Bertz CT molecular complexity index is 1460. The van der Waals surface area contributed by atoms with E-state index in [1.54, 1.807) is 50.4 Å². The number of nitrogens with zero attached hydrogens (tertiary/aromatic N) is 2. The number of ketones is 1. The molecule has 4 aromatic rings. The van der Waals surface area contributed by atoms with E-state index in [4.69, 9.17) is 25.8 Å². The van der Waals surface area contributed by atoms with Gasteiger partial charge in [0, 0.05) is 17.8 Å². The topological polar surface area (TPSA) is 79.7 Å². The van der Waals surface area contributed by atoms with Gasteiger partial charge in [0.25, 0.3) is 0 Å². The molecule has 0 radical (unpaired) electrons. The monoisotopic (exact) mass is 534 g/mol. The van der Waals surface area contributed by atoms with Gasteiger partial charge in [0.2, 0.25) is 0 Å². The SMILES string of the molecule is COc1ccc(C(=O)c2c(C)n(Cc3cccc(O[C@@H](C)C(=O)OCC(C)C)c3)c3ccc(Cl)nc23)cc1. The largest absolute Gasteiger partial charge is 0.497 e. The molecule has 2 aromatic carbocycles. The third kappa shape index (κ3) is 6.00. The zero-order valence-corrected chi connectivity index (χ0v) is 22.9. The molecule has 198 valence electrons. The van der Waals surface area contributed by atoms with Crippen LogP contribution in [0.4, 0.5) is 0 Å². The fraction of sp³-hybridized carbons (Fsp3) is 0.300. The maximum atomic E-state index is 13.6. The van der Waals surface area contributed by atoms with Crippen molar-refractivity contribution in [2.24, 2.45) is 5.92 Å². The molecule has 0 saturated heterocycles. The molecule has 0 fully saturated rings. The van der Waals surface area contributed by atoms with Crippen molar-refractivity contribution in [2.75, 3.05) is 13.7 Å². The van der Waals surface area contributed by atoms with E-state index in [1.807, 2.05) is 49.6 Å². The predicted molar refractivity (Wildman–Crippen MR) is 147 cm³/mol. The van der Waals surface area contributed by atoms with Crippen LogP contribution in [0.1, 0.15) is 48.0 Å². The lowest BCUT2D eigenvalue weighted by atomic mass is 10.0. The van der Waals surface area contributed by atoms with Crippen molar-refractivity contribution in [1.82, 2.24) is 9.55 Å². The van der Waals surface area contributed by atoms with Crippen molar-refractivity contribution in [3.63, 3.8) is 0 Å². The van der Waals surface area contributed by atoms with E-state index in [1.165, 1.54) is 0 Å². The Morgan fingerprint density at radius 2 is 1.74 bits per heavy atom. The molecule has 0 saturated carbocycles. The minimum Gasteiger partial charge on any atom is -0.497 e. The number of fused-ring (bicyclic) bond motifs is 1. The van der Waals surface area contributed by atoms with Crippen LogP contribution in [0.25, 0.3) is 11.0 Å². The Morgan fingerprint density at radius 1 is 1.00 bits per heavy atom. The van der Waals surface area contributed by atoms with E-state index < -0.39 is 12.1 Å². The smallest absolute Gasteiger partial charge is 0.347 e. The van der Waals surface area contributed by atoms with E-state index >= 15 is 0 Å². The van der Waals surface area contributed by atoms with Crippen molar-refractivity contribution in [3.8, 4) is 11.5 Å². The Kier molecular flexibility index (Phi) is 8.37. The van der Waals surface area contributed by atoms with Crippen LogP contribution in [0.2, 0.25) is 5.15 Å². The first kappa shape index (κ1) is 27.2. The molecule has 0 spiro atoms. The third-order valence-electron chi connectivity index (χ3n) is 6.16. The first-order valence-corrected chi connectivity index (χ1v) is 12.8. The number of carbonyl (C=O) groups excluding carboxylic acids is 2. The quantitative estimate of drug-likeness (QED) is 0.136. The summed E-state index contributed by atoms with van der Waals surface area (Å²) in [6.45, 7) is 8.35. The lowest BCUT2D eigenvalue weighted by Crippen LogP contribution is -2.27. The molecule has 0 unspecified atom stereocenters. The Labute approximate surface area is 227 Å². The van der Waals surface area contributed by atoms with Crippen molar-refractivity contribution < 1.29 is 23.8 Å². The molecule has 1 atom stereocenters. The van der Waals surface area contributed by atoms with E-state index in [0.29, 0.717) is 46.4 Å². The first-order chi connectivity index (χ1) is 18.2. The van der Waals surface area contributed by atoms with Crippen molar-refractivity contribution in [2.45, 2.75) is 40.3 Å². The average molecular weight is 535 g/mol. The molecule has 0 amide bonds. The van der Waals surface area contributed by atoms with Crippen LogP contribution in [0.5, 0.6) is 11.5 Å². The molecule has 4 rings (SSSR count). The van der Waals surface area contributed by atoms with Gasteiger partial charge in [0.05, 0.1) is 24.8 Å². The Balaban J connectivity index is 1.64. The molecule has 2 heterocycles. The van der Waals surface area contributed by atoms with Gasteiger partial charge in [-0.25, -0.2) is 9.78 Å². The standard InChI is InChI=1S/C30H31ClN2O5/c1-18(2)17-37-30(35)20(4)38-24-8-6-7-21(15-24)16-33-19(3)27(28-25(33)13-14-26(31)32-28)29(34)22-9-11-23(36-5)12-10-22/h6-15,18,20H,16-17H2,1-5H3/t20-/m0/s1. The second-order valence-electron chi connectivity index (χ2n) is 9.54. The van der Waals surface area contributed by atoms with Crippen LogP contribution in [-0.4, -0.2) is 41.1 Å². The van der Waals surface area contributed by atoms with Gasteiger partial charge in [0.1, 0.15) is 22.2 Å². The van der Waals surface area contributed by atoms with Gasteiger partial charge >= 0.3 is 5.97 Å². The minimum absolute atomic E-state index is 0.144. The Hall–Kier alpha value is -3.84. The molecule has 0 N–H and O–H groups in total. The summed E-state index contributed by atoms with van der Waals surface area (Å²) in [5.74, 6) is 0.934. The lowest BCUT2D eigenvalue weighted by Gasteiger charge is -2.16. The van der Waals surface area contributed by atoms with Crippen molar-refractivity contribution >= 4 is 34.4 Å². The zero-order valence-electron chi connectivity index (χ0n) is 22.2. The van der Waals surface area contributed by atoms with Crippen molar-refractivity contribution in [3.05, 3.63) is 88.2 Å². The number of aromatic nitrogens is 2. The summed E-state index contributed by atoms with van der Waals surface area (Å²) in [4.78, 5) is 30.4. The normalized spacial score (nSPS) is 12.0. The second-order valence-corrected chi connectivity index (χ2v) is 9.92. The van der Waals surface area contributed by atoms with Crippen LogP contribution < -0.4 is 9.47 Å². The average Bonchev–Trinajstić information content (AvgIpc) is 3.16. The molecular formula is C30H31ClN2O5. The molecule has 2 aromatic heterocycles. The van der Waals surface area contributed by atoms with Gasteiger partial charge in [-0.3, -0.25) is 4.79 Å². The third-order valence-corrected chi connectivity index (χ3v) is 6.37. The van der Waals surface area contributed by atoms with Crippen LogP contribution in [0, 0.1) is 12.8 Å². The summed E-state index contributed by atoms with van der Waals surface area (Å²) in [6.07, 6.45) is -0.738. The van der Waals surface area contributed by atoms with E-state index in [0.717, 1.165) is 16.8 Å². The number of hydrogen-bond donors (Lipinski definition) is 0. The fourth-order valence-corrected chi connectivity index (χ4v) is 4.34. The van der Waals surface area contributed by atoms with Gasteiger partial charge in [-0.15, -0.1) is 0 Å². The molecule has 0 bridgehead atoms. The van der Waals surface area contributed by atoms with Gasteiger partial charge in [-0.1, -0.05) is 37.6 Å². The number of benzene rings is 2. The number of hydrogen-bond acceptors (Lipinski definition) is 6. The highest BCUT2D eigenvalue weighted by Crippen LogP contribution is 2.30. The van der Waals surface area contributed by atoms with E-state index in [9.17, 15) is 9.59 Å². The number of rotatable bonds is 10. The molecule has 0 aliphatic carbocycles. The fourth-order valence-electron chi connectivity index (χ4n) is 4.20. The summed E-state index contributed by atoms with van der Waals surface area (Å²) < 4.78 is 18.4. The first-order valence-electron chi connectivity index (χ1n) is 12.4. The Morgan fingerprint density at radius 3 is 2.42 bits per heavy atom. The summed E-state index contributed by atoms with van der Waals surface area (Å²) in [7, 11) is 1.58. The van der Waals surface area contributed by atoms with Gasteiger partial charge in [-0.05, 0) is 73.9 Å². The molecule has 8 heteroatoms. The van der Waals surface area contributed by atoms with E-state index in [2.05, 4.69) is 4.98 Å². The summed E-state index contributed by atoms with van der Waals surface area (Å²) in [6, 6.07) is 18.1. The number of pyridine rings is 1. The van der Waals surface area contributed by atoms with Gasteiger partial charge < -0.3 is 18.8 Å². The van der Waals surface area contributed by atoms with Gasteiger partial charge in [-0.2, -0.15) is 0 Å². The van der Waals surface area contributed by atoms with Crippen molar-refractivity contribution in [1.29, 1.82) is 0 Å². The van der Waals surface area contributed by atoms with Crippen LogP contribution in [0.15, 0.2) is 60.7 Å². The number of methoxy groups -OCH3 is 1. The molecule has 7 nitrogen and oxygen atoms in total. The number of carbonyl (C=O) groups is 2. The molecule has 38 heavy (non-hydrogen) atoms. The molecule has 0 aliphatic heterocycles. The highest BCUT2D eigenvalue weighted by atomic mass is 35.5. The second kappa shape index (κ2) is 11.7.